The second-order valence-corrected chi connectivity index (χ2v) is 5.50. The maximum absolute atomic E-state index is 12.1. The monoisotopic (exact) mass is 354 g/mol. The molecule has 0 bridgehead atoms. The molecule has 0 aliphatic carbocycles. The largest absolute Gasteiger partial charge is 0.573 e. The first kappa shape index (κ1) is 17.3. The molecule has 1 aromatic heterocycles. The number of ether oxygens (including phenoxy) is 2. The summed E-state index contributed by atoms with van der Waals surface area (Å²) in [4.78, 5) is 8.23. The van der Waals surface area contributed by atoms with E-state index in [1.807, 2.05) is 0 Å². The number of benzene rings is 1. The van der Waals surface area contributed by atoms with Gasteiger partial charge in [0.15, 0.2) is 0 Å². The molecule has 6 nitrogen and oxygen atoms in total. The van der Waals surface area contributed by atoms with Gasteiger partial charge in [-0.2, -0.15) is 0 Å². The van der Waals surface area contributed by atoms with Gasteiger partial charge < -0.3 is 20.1 Å². The predicted octanol–water partition coefficient (Wildman–Crippen LogP) is 3.71. The van der Waals surface area contributed by atoms with Crippen LogP contribution in [0.4, 0.5) is 30.5 Å². The Morgan fingerprint density at radius 1 is 1.16 bits per heavy atom. The molecule has 0 radical (unpaired) electrons. The van der Waals surface area contributed by atoms with Crippen LogP contribution in [0, 0.1) is 0 Å². The number of anilines is 3. The van der Waals surface area contributed by atoms with Crippen LogP contribution in [0.2, 0.25) is 0 Å². The predicted molar refractivity (Wildman–Crippen MR) is 85.9 cm³/mol. The number of nitrogens with one attached hydrogen (secondary N) is 2. The second-order valence-electron chi connectivity index (χ2n) is 5.50. The van der Waals surface area contributed by atoms with E-state index >= 15 is 0 Å². The molecule has 0 spiro atoms. The standard InChI is InChI=1S/C16H17F3N4O2/c17-16(18,19)25-12-5-3-11(4-6-12)23-15-8-14(21-10-22-15)20-9-13-2-1-7-24-13/h3-6,8,10,13H,1-2,7,9H2,(H2,20,21,22,23). The van der Waals surface area contributed by atoms with Crippen molar-refractivity contribution in [3.63, 3.8) is 0 Å². The van der Waals surface area contributed by atoms with E-state index in [0.29, 0.717) is 23.9 Å². The highest BCUT2D eigenvalue weighted by Crippen LogP contribution is 2.25. The smallest absolute Gasteiger partial charge is 0.406 e. The molecule has 1 aromatic carbocycles. The zero-order valence-electron chi connectivity index (χ0n) is 13.2. The van der Waals surface area contributed by atoms with E-state index in [1.54, 1.807) is 6.07 Å². The lowest BCUT2D eigenvalue weighted by Gasteiger charge is -2.12. The number of halogens is 3. The number of alkyl halides is 3. The van der Waals surface area contributed by atoms with Gasteiger partial charge in [-0.05, 0) is 37.1 Å². The van der Waals surface area contributed by atoms with Gasteiger partial charge in [0.05, 0.1) is 6.10 Å². The van der Waals surface area contributed by atoms with Gasteiger partial charge in [-0.25, -0.2) is 9.97 Å². The van der Waals surface area contributed by atoms with Gasteiger partial charge in [0, 0.05) is 24.9 Å². The summed E-state index contributed by atoms with van der Waals surface area (Å²) in [5.41, 5.74) is 0.582. The Morgan fingerprint density at radius 3 is 2.60 bits per heavy atom. The van der Waals surface area contributed by atoms with E-state index in [9.17, 15) is 13.2 Å². The van der Waals surface area contributed by atoms with Crippen LogP contribution in [-0.4, -0.2) is 35.6 Å². The quantitative estimate of drug-likeness (QED) is 0.824. The van der Waals surface area contributed by atoms with Gasteiger partial charge in [-0.1, -0.05) is 0 Å². The summed E-state index contributed by atoms with van der Waals surface area (Å²) < 4.78 is 45.8. The Morgan fingerprint density at radius 2 is 1.92 bits per heavy atom. The Hall–Kier alpha value is -2.55. The van der Waals surface area contributed by atoms with Crippen molar-refractivity contribution in [1.82, 2.24) is 9.97 Å². The van der Waals surface area contributed by atoms with Crippen molar-refractivity contribution in [1.29, 1.82) is 0 Å². The molecule has 1 atom stereocenters. The lowest BCUT2D eigenvalue weighted by molar-refractivity contribution is -0.274. The molecule has 1 unspecified atom stereocenters. The number of hydrogen-bond acceptors (Lipinski definition) is 6. The molecule has 2 heterocycles. The van der Waals surface area contributed by atoms with Gasteiger partial charge in [0.1, 0.15) is 23.7 Å². The molecule has 1 saturated heterocycles. The Kier molecular flexibility index (Phi) is 5.22. The Balaban J connectivity index is 1.57. The van der Waals surface area contributed by atoms with E-state index < -0.39 is 6.36 Å². The van der Waals surface area contributed by atoms with Crippen molar-refractivity contribution in [2.45, 2.75) is 25.3 Å². The van der Waals surface area contributed by atoms with Crippen LogP contribution in [0.5, 0.6) is 5.75 Å². The molecule has 1 fully saturated rings. The molecule has 3 rings (SSSR count). The fourth-order valence-corrected chi connectivity index (χ4v) is 2.43. The van der Waals surface area contributed by atoms with E-state index in [4.69, 9.17) is 4.74 Å². The zero-order chi connectivity index (χ0) is 17.7. The average molecular weight is 354 g/mol. The molecule has 0 saturated carbocycles. The van der Waals surface area contributed by atoms with Crippen molar-refractivity contribution in [2.24, 2.45) is 0 Å². The summed E-state index contributed by atoms with van der Waals surface area (Å²) >= 11 is 0. The molecule has 9 heteroatoms. The highest BCUT2D eigenvalue weighted by Gasteiger charge is 2.30. The van der Waals surface area contributed by atoms with Crippen LogP contribution in [0.1, 0.15) is 12.8 Å². The molecule has 134 valence electrons. The van der Waals surface area contributed by atoms with Crippen molar-refractivity contribution in [3.8, 4) is 5.75 Å². The number of aromatic nitrogens is 2. The number of nitrogens with zero attached hydrogens (tertiary/aromatic N) is 2. The number of rotatable bonds is 6. The fourth-order valence-electron chi connectivity index (χ4n) is 2.43. The lowest BCUT2D eigenvalue weighted by Crippen LogP contribution is -2.19. The normalized spacial score (nSPS) is 17.3. The highest BCUT2D eigenvalue weighted by molar-refractivity contribution is 5.59. The third kappa shape index (κ3) is 5.49. The van der Waals surface area contributed by atoms with E-state index in [-0.39, 0.29) is 11.9 Å². The van der Waals surface area contributed by atoms with E-state index in [1.165, 1.54) is 30.6 Å². The topological polar surface area (TPSA) is 68.3 Å². The summed E-state index contributed by atoms with van der Waals surface area (Å²) in [5, 5.41) is 6.19. The molecular weight excluding hydrogens is 337 g/mol. The van der Waals surface area contributed by atoms with Crippen LogP contribution in [0.25, 0.3) is 0 Å². The van der Waals surface area contributed by atoms with Crippen LogP contribution in [-0.2, 0) is 4.74 Å². The van der Waals surface area contributed by atoms with Gasteiger partial charge in [-0.15, -0.1) is 13.2 Å². The van der Waals surface area contributed by atoms with Crippen LogP contribution in [0.3, 0.4) is 0 Å². The molecular formula is C16H17F3N4O2. The van der Waals surface area contributed by atoms with Gasteiger partial charge >= 0.3 is 6.36 Å². The van der Waals surface area contributed by atoms with E-state index in [0.717, 1.165) is 19.4 Å². The molecule has 25 heavy (non-hydrogen) atoms. The minimum atomic E-state index is -4.70. The molecule has 2 aromatic rings. The summed E-state index contributed by atoms with van der Waals surface area (Å²) in [5.74, 6) is 0.888. The van der Waals surface area contributed by atoms with Crippen molar-refractivity contribution in [2.75, 3.05) is 23.8 Å². The highest BCUT2D eigenvalue weighted by atomic mass is 19.4. The summed E-state index contributed by atoms with van der Waals surface area (Å²) in [6, 6.07) is 7.13. The van der Waals surface area contributed by atoms with Crippen LogP contribution in [0.15, 0.2) is 36.7 Å². The maximum atomic E-state index is 12.1. The summed E-state index contributed by atoms with van der Waals surface area (Å²) in [7, 11) is 0. The molecule has 2 N–H and O–H groups in total. The molecule has 1 aliphatic rings. The Bertz CT molecular complexity index is 689. The summed E-state index contributed by atoms with van der Waals surface area (Å²) in [6.07, 6.45) is -1.02. The second kappa shape index (κ2) is 7.56. The van der Waals surface area contributed by atoms with Crippen molar-refractivity contribution < 1.29 is 22.6 Å². The summed E-state index contributed by atoms with van der Waals surface area (Å²) in [6.45, 7) is 1.46. The third-order valence-electron chi connectivity index (χ3n) is 3.56. The third-order valence-corrected chi connectivity index (χ3v) is 3.56. The molecule has 0 amide bonds. The fraction of sp³-hybridized carbons (Fsp3) is 0.375. The number of hydrogen-bond donors (Lipinski definition) is 2. The first-order chi connectivity index (χ1) is 12.0. The van der Waals surface area contributed by atoms with Gasteiger partial charge in [-0.3, -0.25) is 0 Å². The minimum absolute atomic E-state index is 0.188. The van der Waals surface area contributed by atoms with Gasteiger partial charge in [0.2, 0.25) is 0 Å². The minimum Gasteiger partial charge on any atom is -0.406 e. The Labute approximate surface area is 142 Å². The van der Waals surface area contributed by atoms with Crippen LogP contribution >= 0.6 is 0 Å². The maximum Gasteiger partial charge on any atom is 0.573 e. The van der Waals surface area contributed by atoms with E-state index in [2.05, 4.69) is 25.3 Å². The SMILES string of the molecule is FC(F)(F)Oc1ccc(Nc2cc(NCC3CCCO3)ncn2)cc1. The first-order valence-electron chi connectivity index (χ1n) is 7.78. The van der Waals surface area contributed by atoms with Gasteiger partial charge in [0.25, 0.3) is 0 Å². The average Bonchev–Trinajstić information content (AvgIpc) is 3.07. The van der Waals surface area contributed by atoms with Crippen LogP contribution < -0.4 is 15.4 Å². The first-order valence-corrected chi connectivity index (χ1v) is 7.78. The zero-order valence-corrected chi connectivity index (χ0v) is 13.2. The lowest BCUT2D eigenvalue weighted by atomic mass is 10.2. The van der Waals surface area contributed by atoms with Crippen molar-refractivity contribution in [3.05, 3.63) is 36.7 Å². The van der Waals surface area contributed by atoms with Crippen molar-refractivity contribution >= 4 is 17.3 Å². The molecule has 1 aliphatic heterocycles.